The first-order valence-corrected chi connectivity index (χ1v) is 3.42. The van der Waals surface area contributed by atoms with E-state index in [1.54, 1.807) is 0 Å². The van der Waals surface area contributed by atoms with Gasteiger partial charge in [-0.2, -0.15) is 0 Å². The smallest absolute Gasteiger partial charge is 0.156 e. The van der Waals surface area contributed by atoms with Crippen molar-refractivity contribution in [2.75, 3.05) is 20.3 Å². The first-order valence-electron chi connectivity index (χ1n) is 3.42. The van der Waals surface area contributed by atoms with Gasteiger partial charge < -0.3 is 15.0 Å². The molecule has 0 aromatic carbocycles. The zero-order valence-corrected chi connectivity index (χ0v) is 6.78. The standard InChI is InChI=1S/C6H12N2.HNO2/c1-3-8-5-4-7(2)6-8;2-1-3/h4-5H,3,6H2,1-2H3;(H,2,3). The lowest BCUT2D eigenvalue weighted by atomic mass is 10.6. The van der Waals surface area contributed by atoms with Gasteiger partial charge >= 0.3 is 0 Å². The molecule has 64 valence electrons. The summed E-state index contributed by atoms with van der Waals surface area (Å²) < 4.78 is 0. The predicted molar refractivity (Wildman–Crippen MR) is 42.4 cm³/mol. The van der Waals surface area contributed by atoms with Crippen LogP contribution in [0.5, 0.6) is 0 Å². The highest BCUT2D eigenvalue weighted by Crippen LogP contribution is 1.80. The van der Waals surface area contributed by atoms with Gasteiger partial charge in [-0.15, -0.1) is 5.34 Å². The van der Waals surface area contributed by atoms with E-state index in [4.69, 9.17) is 10.1 Å². The number of hydrogen-bond acceptors (Lipinski definition) is 4. The number of rotatable bonds is 1. The third-order valence-corrected chi connectivity index (χ3v) is 1.47. The van der Waals surface area contributed by atoms with Crippen LogP contribution in [0.1, 0.15) is 6.92 Å². The first kappa shape index (κ1) is 9.90. The van der Waals surface area contributed by atoms with Crippen molar-refractivity contribution < 1.29 is 4.90 Å². The SMILES string of the molecule is CC[NH+]1C=CN(C)C1.O=N[O-]. The molecular formula is C6H13N3O2. The normalized spacial score (nSPS) is 20.9. The molecule has 0 bridgehead atoms. The Hall–Kier alpha value is -1.10. The summed E-state index contributed by atoms with van der Waals surface area (Å²) in [4.78, 5) is 11.7. The molecule has 11 heavy (non-hydrogen) atoms. The molecule has 1 unspecified atom stereocenters. The molecule has 0 fully saturated rings. The summed E-state index contributed by atoms with van der Waals surface area (Å²) in [6.07, 6.45) is 4.32. The molecule has 0 aromatic heterocycles. The van der Waals surface area contributed by atoms with Crippen LogP contribution in [0.15, 0.2) is 17.7 Å². The van der Waals surface area contributed by atoms with Crippen molar-refractivity contribution in [3.63, 3.8) is 0 Å². The van der Waals surface area contributed by atoms with Crippen molar-refractivity contribution in [3.8, 4) is 0 Å². The molecule has 1 N–H and O–H groups in total. The maximum atomic E-state index is 8.00. The average Bonchev–Trinajstić information content (AvgIpc) is 2.37. The fourth-order valence-corrected chi connectivity index (χ4v) is 0.888. The molecule has 5 heteroatoms. The molecular weight excluding hydrogens is 146 g/mol. The Kier molecular flexibility index (Phi) is 5.10. The molecule has 1 atom stereocenters. The van der Waals surface area contributed by atoms with E-state index in [0.717, 1.165) is 12.0 Å². The van der Waals surface area contributed by atoms with Crippen LogP contribution in [0.25, 0.3) is 0 Å². The summed E-state index contributed by atoms with van der Waals surface area (Å²) in [6.45, 7) is 4.52. The summed E-state index contributed by atoms with van der Waals surface area (Å²) >= 11 is 0. The maximum absolute atomic E-state index is 8.00. The summed E-state index contributed by atoms with van der Waals surface area (Å²) in [7, 11) is 2.10. The number of nitrogens with zero attached hydrogens (tertiary/aromatic N) is 2. The Morgan fingerprint density at radius 1 is 1.82 bits per heavy atom. The van der Waals surface area contributed by atoms with Crippen molar-refractivity contribution in [3.05, 3.63) is 22.5 Å². The van der Waals surface area contributed by atoms with Gasteiger partial charge in [0.1, 0.15) is 6.20 Å². The monoisotopic (exact) mass is 159 g/mol. The number of nitrogens with one attached hydrogen (secondary N) is 1. The minimum absolute atomic E-state index is 1.00. The van der Waals surface area contributed by atoms with Gasteiger partial charge in [-0.05, 0) is 6.92 Å². The Morgan fingerprint density at radius 3 is 2.55 bits per heavy atom. The van der Waals surface area contributed by atoms with Crippen LogP contribution in [0.4, 0.5) is 0 Å². The quantitative estimate of drug-likeness (QED) is 0.415. The second-order valence-electron chi connectivity index (χ2n) is 2.32. The molecule has 1 rings (SSSR count). The molecule has 0 saturated carbocycles. The summed E-state index contributed by atoms with van der Waals surface area (Å²) in [5, 5.41) is 9.00. The van der Waals surface area contributed by atoms with Gasteiger partial charge in [0.25, 0.3) is 0 Å². The van der Waals surface area contributed by atoms with Crippen molar-refractivity contribution >= 4 is 0 Å². The molecule has 0 aliphatic carbocycles. The fourth-order valence-electron chi connectivity index (χ4n) is 0.888. The Balaban J connectivity index is 0.000000292. The number of quaternary nitrogens is 1. The fraction of sp³-hybridized carbons (Fsp3) is 0.667. The van der Waals surface area contributed by atoms with Crippen LogP contribution in [0, 0.1) is 10.1 Å². The van der Waals surface area contributed by atoms with Crippen LogP contribution >= 0.6 is 0 Å². The van der Waals surface area contributed by atoms with E-state index in [0.29, 0.717) is 0 Å². The zero-order valence-electron chi connectivity index (χ0n) is 6.78. The van der Waals surface area contributed by atoms with Crippen LogP contribution < -0.4 is 4.90 Å². The Morgan fingerprint density at radius 2 is 2.36 bits per heavy atom. The van der Waals surface area contributed by atoms with Gasteiger partial charge in [-0.25, -0.2) is 0 Å². The van der Waals surface area contributed by atoms with Crippen LogP contribution in [-0.2, 0) is 0 Å². The molecule has 0 spiro atoms. The van der Waals surface area contributed by atoms with Crippen LogP contribution in [-0.4, -0.2) is 25.2 Å². The predicted octanol–water partition coefficient (Wildman–Crippen LogP) is -0.484. The third-order valence-electron chi connectivity index (χ3n) is 1.47. The minimum atomic E-state index is 1.00. The molecule has 1 heterocycles. The largest absolute Gasteiger partial charge is 0.444 e. The zero-order chi connectivity index (χ0) is 8.69. The van der Waals surface area contributed by atoms with E-state index in [2.05, 4.69) is 31.3 Å². The lowest BCUT2D eigenvalue weighted by Gasteiger charge is -2.09. The average molecular weight is 159 g/mol. The highest BCUT2D eigenvalue weighted by Gasteiger charge is 2.09. The van der Waals surface area contributed by atoms with E-state index in [9.17, 15) is 0 Å². The van der Waals surface area contributed by atoms with E-state index in [1.807, 2.05) is 0 Å². The van der Waals surface area contributed by atoms with E-state index < -0.39 is 0 Å². The van der Waals surface area contributed by atoms with Crippen molar-refractivity contribution in [2.24, 2.45) is 5.34 Å². The van der Waals surface area contributed by atoms with E-state index in [1.165, 1.54) is 11.4 Å². The Bertz CT molecular complexity index is 138. The number of hydrogen-bond donors (Lipinski definition) is 1. The van der Waals surface area contributed by atoms with Crippen molar-refractivity contribution in [2.45, 2.75) is 6.92 Å². The lowest BCUT2D eigenvalue weighted by molar-refractivity contribution is -0.846. The molecule has 1 aliphatic heterocycles. The molecule has 1 aliphatic rings. The third kappa shape index (κ3) is 4.32. The lowest BCUT2D eigenvalue weighted by Crippen LogP contribution is -3.06. The summed E-state index contributed by atoms with van der Waals surface area (Å²) in [5.41, 5.74) is 0. The molecule has 0 amide bonds. The van der Waals surface area contributed by atoms with Gasteiger partial charge in [0.05, 0.1) is 12.7 Å². The van der Waals surface area contributed by atoms with Gasteiger partial charge in [0, 0.05) is 7.05 Å². The minimum Gasteiger partial charge on any atom is -0.444 e. The summed E-state index contributed by atoms with van der Waals surface area (Å²) in [6, 6.07) is 0. The van der Waals surface area contributed by atoms with Crippen LogP contribution in [0.3, 0.4) is 0 Å². The molecule has 0 radical (unpaired) electrons. The molecule has 0 saturated heterocycles. The second-order valence-corrected chi connectivity index (χ2v) is 2.32. The highest BCUT2D eigenvalue weighted by atomic mass is 16.6. The van der Waals surface area contributed by atoms with E-state index >= 15 is 0 Å². The molecule has 5 nitrogen and oxygen atoms in total. The van der Waals surface area contributed by atoms with E-state index in [-0.39, 0.29) is 0 Å². The van der Waals surface area contributed by atoms with Crippen LogP contribution in [0.2, 0.25) is 0 Å². The molecule has 0 aromatic rings. The van der Waals surface area contributed by atoms with Gasteiger partial charge in [-0.3, -0.25) is 4.90 Å². The first-order chi connectivity index (χ1) is 5.24. The van der Waals surface area contributed by atoms with Gasteiger partial charge in [-0.1, -0.05) is 0 Å². The van der Waals surface area contributed by atoms with Gasteiger partial charge in [0.15, 0.2) is 6.67 Å². The Labute approximate surface area is 65.8 Å². The summed E-state index contributed by atoms with van der Waals surface area (Å²) in [5.74, 6) is 0. The van der Waals surface area contributed by atoms with Gasteiger partial charge in [0.2, 0.25) is 0 Å². The topological polar surface area (TPSA) is 60.2 Å². The van der Waals surface area contributed by atoms with Crippen molar-refractivity contribution in [1.29, 1.82) is 0 Å². The highest BCUT2D eigenvalue weighted by molar-refractivity contribution is 4.73. The van der Waals surface area contributed by atoms with Crippen molar-refractivity contribution in [1.82, 2.24) is 4.90 Å². The second kappa shape index (κ2) is 5.67. The maximum Gasteiger partial charge on any atom is 0.156 e.